The molecule has 7 heteroatoms. The Morgan fingerprint density at radius 2 is 1.79 bits per heavy atom. The van der Waals surface area contributed by atoms with Crippen LogP contribution in [0.3, 0.4) is 0 Å². The SMILES string of the molecule is C[C@H]1O[C@H](n2c3ccccc3c3c4c(c5c6ccccc6[nH]c5c32)CNC4=O)C[C@H](O)[C@@H]1O. The molecular formula is C26H23N3O4. The third-order valence-corrected chi connectivity index (χ3v) is 7.34. The molecule has 2 aliphatic rings. The monoisotopic (exact) mass is 441 g/mol. The number of hydrogen-bond acceptors (Lipinski definition) is 4. The van der Waals surface area contributed by atoms with Crippen molar-refractivity contribution in [2.45, 2.75) is 44.4 Å². The van der Waals surface area contributed by atoms with Crippen molar-refractivity contribution in [3.63, 3.8) is 0 Å². The summed E-state index contributed by atoms with van der Waals surface area (Å²) >= 11 is 0. The topological polar surface area (TPSA) is 99.5 Å². The summed E-state index contributed by atoms with van der Waals surface area (Å²) in [6.07, 6.45) is -2.59. The third-order valence-electron chi connectivity index (χ3n) is 7.34. The fourth-order valence-corrected chi connectivity index (χ4v) is 5.86. The number of carbonyl (C=O) groups excluding carboxylic acids is 1. The standard InChI is InChI=1S/C26H23N3O4/c1-12-25(31)18(30)10-19(33-12)29-17-9-5-3-7-14(17)21-22-15(11-27-26(22)32)20-13-6-2-4-8-16(13)28-23(20)24(21)29/h2-9,12,18-19,25,28,30-31H,10-11H2,1H3,(H,27,32)/t12-,18+,19+,25-/m1/s1. The van der Waals surface area contributed by atoms with Crippen molar-refractivity contribution < 1.29 is 19.7 Å². The number of benzene rings is 3. The number of fused-ring (bicyclic) bond motifs is 10. The van der Waals surface area contributed by atoms with Crippen LogP contribution in [0.25, 0.3) is 43.6 Å². The summed E-state index contributed by atoms with van der Waals surface area (Å²) in [6, 6.07) is 16.1. The third kappa shape index (κ3) is 2.41. The van der Waals surface area contributed by atoms with E-state index in [9.17, 15) is 15.0 Å². The van der Waals surface area contributed by atoms with Gasteiger partial charge in [0.05, 0.1) is 34.3 Å². The van der Waals surface area contributed by atoms with Gasteiger partial charge in [0.1, 0.15) is 12.3 Å². The van der Waals surface area contributed by atoms with E-state index in [1.165, 1.54) is 0 Å². The average Bonchev–Trinajstić information content (AvgIpc) is 3.48. The maximum Gasteiger partial charge on any atom is 0.252 e. The minimum Gasteiger partial charge on any atom is -0.390 e. The zero-order chi connectivity index (χ0) is 22.4. The van der Waals surface area contributed by atoms with Crippen molar-refractivity contribution in [3.8, 4) is 0 Å². The minimum atomic E-state index is -0.933. The molecule has 1 saturated heterocycles. The second-order valence-electron chi connectivity index (χ2n) is 9.16. The summed E-state index contributed by atoms with van der Waals surface area (Å²) in [5.41, 5.74) is 5.50. The number of aromatic nitrogens is 2. The Balaban J connectivity index is 1.69. The van der Waals surface area contributed by atoms with Crippen LogP contribution in [0.2, 0.25) is 0 Å². The first-order valence-electron chi connectivity index (χ1n) is 11.3. The fourth-order valence-electron chi connectivity index (χ4n) is 5.86. The Morgan fingerprint density at radius 1 is 1.03 bits per heavy atom. The number of nitrogens with one attached hydrogen (secondary N) is 2. The molecule has 1 amide bonds. The van der Waals surface area contributed by atoms with E-state index in [4.69, 9.17) is 4.74 Å². The average molecular weight is 441 g/mol. The van der Waals surface area contributed by atoms with Crippen LogP contribution in [0.5, 0.6) is 0 Å². The van der Waals surface area contributed by atoms with Gasteiger partial charge in [0, 0.05) is 40.0 Å². The van der Waals surface area contributed by atoms with Crippen LogP contribution in [0.1, 0.15) is 35.5 Å². The Hall–Kier alpha value is -3.39. The molecule has 7 rings (SSSR count). The van der Waals surface area contributed by atoms with Crippen molar-refractivity contribution in [2.75, 3.05) is 0 Å². The van der Waals surface area contributed by atoms with Crippen LogP contribution in [0, 0.1) is 0 Å². The van der Waals surface area contributed by atoms with Crippen LogP contribution in [-0.2, 0) is 11.3 Å². The predicted octanol–water partition coefficient (Wildman–Crippen LogP) is 3.70. The quantitative estimate of drug-likeness (QED) is 0.319. The lowest BCUT2D eigenvalue weighted by Gasteiger charge is -2.36. The van der Waals surface area contributed by atoms with E-state index < -0.39 is 24.5 Å². The number of hydrogen-bond donors (Lipinski definition) is 4. The highest BCUT2D eigenvalue weighted by atomic mass is 16.5. The Bertz CT molecular complexity index is 1600. The molecule has 166 valence electrons. The smallest absolute Gasteiger partial charge is 0.252 e. The summed E-state index contributed by atoms with van der Waals surface area (Å²) in [5.74, 6) is -0.0709. The van der Waals surface area contributed by atoms with Gasteiger partial charge in [-0.25, -0.2) is 0 Å². The number of aliphatic hydroxyl groups excluding tert-OH is 2. The molecule has 7 nitrogen and oxygen atoms in total. The molecule has 4 N–H and O–H groups in total. The second-order valence-corrected chi connectivity index (χ2v) is 9.16. The first-order chi connectivity index (χ1) is 16.0. The molecule has 0 bridgehead atoms. The number of aromatic amines is 1. The molecular weight excluding hydrogens is 418 g/mol. The summed E-state index contributed by atoms with van der Waals surface area (Å²) < 4.78 is 8.33. The molecule has 2 aliphatic heterocycles. The summed E-state index contributed by atoms with van der Waals surface area (Å²) in [4.78, 5) is 16.7. The van der Waals surface area contributed by atoms with E-state index in [0.717, 1.165) is 49.2 Å². The second kappa shape index (κ2) is 6.57. The summed E-state index contributed by atoms with van der Waals surface area (Å²) in [7, 11) is 0. The molecule has 4 heterocycles. The van der Waals surface area contributed by atoms with Crippen molar-refractivity contribution in [2.24, 2.45) is 0 Å². The van der Waals surface area contributed by atoms with Gasteiger partial charge in [0.15, 0.2) is 0 Å². The van der Waals surface area contributed by atoms with Crippen LogP contribution < -0.4 is 5.32 Å². The Labute approximate surface area is 188 Å². The van der Waals surface area contributed by atoms with E-state index in [1.807, 2.05) is 42.5 Å². The zero-order valence-electron chi connectivity index (χ0n) is 18.0. The van der Waals surface area contributed by atoms with E-state index in [0.29, 0.717) is 12.1 Å². The van der Waals surface area contributed by atoms with Crippen molar-refractivity contribution in [1.82, 2.24) is 14.9 Å². The number of ether oxygens (including phenoxy) is 1. The molecule has 0 aliphatic carbocycles. The van der Waals surface area contributed by atoms with Crippen molar-refractivity contribution >= 4 is 49.5 Å². The van der Waals surface area contributed by atoms with Gasteiger partial charge in [0.25, 0.3) is 5.91 Å². The fraction of sp³-hybridized carbons (Fsp3) is 0.269. The van der Waals surface area contributed by atoms with E-state index >= 15 is 0 Å². The summed E-state index contributed by atoms with van der Waals surface area (Å²) in [6.45, 7) is 2.27. The predicted molar refractivity (Wildman–Crippen MR) is 126 cm³/mol. The van der Waals surface area contributed by atoms with Gasteiger partial charge < -0.3 is 29.8 Å². The van der Waals surface area contributed by atoms with E-state index in [1.54, 1.807) is 6.92 Å². The molecule has 0 unspecified atom stereocenters. The number of nitrogens with zero attached hydrogens (tertiary/aromatic N) is 1. The first-order valence-corrected chi connectivity index (χ1v) is 11.3. The van der Waals surface area contributed by atoms with Gasteiger partial charge in [-0.3, -0.25) is 4.79 Å². The molecule has 33 heavy (non-hydrogen) atoms. The van der Waals surface area contributed by atoms with Crippen molar-refractivity contribution in [1.29, 1.82) is 0 Å². The number of aliphatic hydroxyl groups is 2. The number of para-hydroxylation sites is 2. The zero-order valence-corrected chi connectivity index (χ0v) is 18.0. The van der Waals surface area contributed by atoms with Gasteiger partial charge >= 0.3 is 0 Å². The highest BCUT2D eigenvalue weighted by Crippen LogP contribution is 2.45. The molecule has 0 spiro atoms. The molecule has 4 atom stereocenters. The highest BCUT2D eigenvalue weighted by molar-refractivity contribution is 6.30. The molecule has 0 radical (unpaired) electrons. The van der Waals surface area contributed by atoms with Crippen molar-refractivity contribution in [3.05, 3.63) is 59.7 Å². The van der Waals surface area contributed by atoms with Crippen LogP contribution >= 0.6 is 0 Å². The lowest BCUT2D eigenvalue weighted by atomic mass is 9.97. The number of H-pyrrole nitrogens is 1. The molecule has 0 saturated carbocycles. The molecule has 3 aromatic carbocycles. The normalized spacial score (nSPS) is 25.4. The van der Waals surface area contributed by atoms with Crippen LogP contribution in [0.15, 0.2) is 48.5 Å². The van der Waals surface area contributed by atoms with Gasteiger partial charge in [0.2, 0.25) is 0 Å². The summed E-state index contributed by atoms with van der Waals surface area (Å²) in [5, 5.41) is 27.9. The lowest BCUT2D eigenvalue weighted by Crippen LogP contribution is -2.45. The molecule has 1 fully saturated rings. The Morgan fingerprint density at radius 3 is 2.61 bits per heavy atom. The minimum absolute atomic E-state index is 0.0709. The van der Waals surface area contributed by atoms with Crippen LogP contribution in [-0.4, -0.2) is 44.0 Å². The van der Waals surface area contributed by atoms with Gasteiger partial charge in [-0.15, -0.1) is 0 Å². The number of rotatable bonds is 1. The van der Waals surface area contributed by atoms with E-state index in [-0.39, 0.29) is 12.3 Å². The molecule has 2 aromatic heterocycles. The number of amides is 1. The highest BCUT2D eigenvalue weighted by Gasteiger charge is 2.38. The maximum absolute atomic E-state index is 13.1. The van der Waals surface area contributed by atoms with Gasteiger partial charge in [-0.05, 0) is 24.6 Å². The Kier molecular flexibility index (Phi) is 3.81. The molecule has 5 aromatic rings. The first kappa shape index (κ1) is 19.1. The largest absolute Gasteiger partial charge is 0.390 e. The van der Waals surface area contributed by atoms with Gasteiger partial charge in [-0.2, -0.15) is 0 Å². The van der Waals surface area contributed by atoms with Crippen LogP contribution in [0.4, 0.5) is 0 Å². The number of carbonyl (C=O) groups is 1. The maximum atomic E-state index is 13.1. The van der Waals surface area contributed by atoms with E-state index in [2.05, 4.69) is 20.9 Å². The lowest BCUT2D eigenvalue weighted by molar-refractivity contribution is -0.182. The van der Waals surface area contributed by atoms with Gasteiger partial charge in [-0.1, -0.05) is 36.4 Å².